The molecule has 0 fully saturated rings. The maximum atomic E-state index is 6.80. The summed E-state index contributed by atoms with van der Waals surface area (Å²) in [5.41, 5.74) is 7.63. The Balaban J connectivity index is 1.36. The predicted octanol–water partition coefficient (Wildman–Crippen LogP) is 10.8. The molecule has 0 amide bonds. The van der Waals surface area contributed by atoms with E-state index in [1.807, 2.05) is 36.4 Å². The maximum absolute atomic E-state index is 6.80. The summed E-state index contributed by atoms with van der Waals surface area (Å²) in [5.74, 6) is 0.604. The number of oxazole rings is 1. The third-order valence-corrected chi connectivity index (χ3v) is 8.78. The molecule has 7 aromatic carbocycles. The molecule has 0 aliphatic carbocycles. The summed E-state index contributed by atoms with van der Waals surface area (Å²) in [7, 11) is 0. The SMILES string of the molecule is c1ccc2c(-n3c4ccccc4c4ccc5ccccc5c43)c3oc4ccc(-c5nc6ccccc6o5)cc4c3cc2c1. The van der Waals surface area contributed by atoms with Crippen molar-refractivity contribution in [2.24, 2.45) is 0 Å². The molecule has 4 heteroatoms. The Hall–Kier alpha value is -5.87. The largest absolute Gasteiger partial charge is 0.454 e. The highest BCUT2D eigenvalue weighted by Gasteiger charge is 2.22. The molecule has 10 aromatic rings. The van der Waals surface area contributed by atoms with Crippen molar-refractivity contribution >= 4 is 76.4 Å². The normalized spacial score (nSPS) is 12.2. The zero-order valence-corrected chi connectivity index (χ0v) is 22.9. The number of hydrogen-bond donors (Lipinski definition) is 0. The summed E-state index contributed by atoms with van der Waals surface area (Å²) in [5, 5.41) is 9.27. The summed E-state index contributed by atoms with van der Waals surface area (Å²) in [6, 6.07) is 46.7. The Morgan fingerprint density at radius 2 is 1.26 bits per heavy atom. The molecule has 0 saturated carbocycles. The van der Waals surface area contributed by atoms with Crippen LogP contribution >= 0.6 is 0 Å². The summed E-state index contributed by atoms with van der Waals surface area (Å²) in [6.45, 7) is 0. The van der Waals surface area contributed by atoms with Crippen LogP contribution < -0.4 is 0 Å². The van der Waals surface area contributed by atoms with Crippen LogP contribution in [0.1, 0.15) is 0 Å². The lowest BCUT2D eigenvalue weighted by atomic mass is 10.0. The number of fused-ring (bicyclic) bond motifs is 10. The molecule has 0 unspecified atom stereocenters. The van der Waals surface area contributed by atoms with Crippen LogP contribution in [-0.4, -0.2) is 9.55 Å². The number of aromatic nitrogens is 2. The van der Waals surface area contributed by atoms with E-state index in [0.29, 0.717) is 5.89 Å². The summed E-state index contributed by atoms with van der Waals surface area (Å²) >= 11 is 0. The van der Waals surface area contributed by atoms with E-state index >= 15 is 0 Å². The number of furan rings is 1. The van der Waals surface area contributed by atoms with E-state index in [4.69, 9.17) is 13.8 Å². The zero-order valence-electron chi connectivity index (χ0n) is 22.9. The van der Waals surface area contributed by atoms with E-state index in [0.717, 1.165) is 60.6 Å². The van der Waals surface area contributed by atoms with Crippen molar-refractivity contribution in [2.45, 2.75) is 0 Å². The van der Waals surface area contributed by atoms with Crippen LogP contribution in [0.25, 0.3) is 93.5 Å². The second kappa shape index (κ2) is 8.34. The maximum Gasteiger partial charge on any atom is 0.227 e. The standard InChI is InChI=1S/C39H22N2O2/c1-3-11-26-23(9-1)17-19-29-28-13-5-7-15-33(28)41(36(26)29)37-27-12-4-2-10-24(27)21-31-30-22-25(18-20-34(30)42-38(31)37)39-40-32-14-6-8-16-35(32)43-39/h1-22H. The lowest BCUT2D eigenvalue weighted by Crippen LogP contribution is -1.97. The summed E-state index contributed by atoms with van der Waals surface area (Å²) < 4.78 is 15.4. The third-order valence-electron chi connectivity index (χ3n) is 8.78. The van der Waals surface area contributed by atoms with Gasteiger partial charge in [0.25, 0.3) is 0 Å². The molecule has 200 valence electrons. The Morgan fingerprint density at radius 3 is 2.16 bits per heavy atom. The molecule has 3 heterocycles. The average Bonchev–Trinajstić information content (AvgIpc) is 3.75. The highest BCUT2D eigenvalue weighted by molar-refractivity contribution is 6.22. The predicted molar refractivity (Wildman–Crippen MR) is 176 cm³/mol. The van der Waals surface area contributed by atoms with Crippen molar-refractivity contribution in [2.75, 3.05) is 0 Å². The third kappa shape index (κ3) is 3.12. The topological polar surface area (TPSA) is 44.1 Å². The number of nitrogens with zero attached hydrogens (tertiary/aromatic N) is 2. The van der Waals surface area contributed by atoms with Crippen molar-refractivity contribution in [3.8, 4) is 17.1 Å². The van der Waals surface area contributed by atoms with E-state index < -0.39 is 0 Å². The first-order valence-electron chi connectivity index (χ1n) is 14.5. The van der Waals surface area contributed by atoms with E-state index in [9.17, 15) is 0 Å². The highest BCUT2D eigenvalue weighted by Crippen LogP contribution is 2.44. The van der Waals surface area contributed by atoms with Crippen LogP contribution in [0.4, 0.5) is 0 Å². The van der Waals surface area contributed by atoms with Gasteiger partial charge in [0.1, 0.15) is 11.1 Å². The molecule has 0 N–H and O–H groups in total. The number of benzene rings is 7. The van der Waals surface area contributed by atoms with Gasteiger partial charge in [0.05, 0.1) is 16.7 Å². The van der Waals surface area contributed by atoms with Gasteiger partial charge in [0.15, 0.2) is 11.2 Å². The first kappa shape index (κ1) is 22.8. The van der Waals surface area contributed by atoms with Crippen molar-refractivity contribution in [3.63, 3.8) is 0 Å². The fourth-order valence-corrected chi connectivity index (χ4v) is 6.87. The quantitative estimate of drug-likeness (QED) is 0.215. The number of rotatable bonds is 2. The molecule has 0 atom stereocenters. The number of hydrogen-bond acceptors (Lipinski definition) is 3. The molecule has 43 heavy (non-hydrogen) atoms. The lowest BCUT2D eigenvalue weighted by molar-refractivity contribution is 0.620. The van der Waals surface area contributed by atoms with Gasteiger partial charge < -0.3 is 13.4 Å². The van der Waals surface area contributed by atoms with Gasteiger partial charge in [0, 0.05) is 37.9 Å². The van der Waals surface area contributed by atoms with Crippen LogP contribution in [0, 0.1) is 0 Å². The van der Waals surface area contributed by atoms with E-state index in [-0.39, 0.29) is 0 Å². The van der Waals surface area contributed by atoms with Crippen LogP contribution in [-0.2, 0) is 0 Å². The number of para-hydroxylation sites is 3. The molecule has 10 rings (SSSR count). The molecule has 4 nitrogen and oxygen atoms in total. The Labute approximate surface area is 245 Å². The minimum atomic E-state index is 0.604. The van der Waals surface area contributed by atoms with Crippen molar-refractivity contribution in [1.29, 1.82) is 0 Å². The molecule has 0 spiro atoms. The van der Waals surface area contributed by atoms with Crippen LogP contribution in [0.15, 0.2) is 142 Å². The van der Waals surface area contributed by atoms with Crippen molar-refractivity contribution in [1.82, 2.24) is 9.55 Å². The first-order valence-corrected chi connectivity index (χ1v) is 14.5. The molecule has 0 saturated heterocycles. The van der Waals surface area contributed by atoms with Crippen LogP contribution in [0.3, 0.4) is 0 Å². The second-order valence-corrected chi connectivity index (χ2v) is 11.2. The Morgan fingerprint density at radius 1 is 0.488 bits per heavy atom. The van der Waals surface area contributed by atoms with Gasteiger partial charge in [-0.3, -0.25) is 0 Å². The van der Waals surface area contributed by atoms with E-state index in [1.54, 1.807) is 0 Å². The van der Waals surface area contributed by atoms with Gasteiger partial charge >= 0.3 is 0 Å². The fourth-order valence-electron chi connectivity index (χ4n) is 6.87. The highest BCUT2D eigenvalue weighted by atomic mass is 16.3. The summed E-state index contributed by atoms with van der Waals surface area (Å²) in [4.78, 5) is 4.76. The molecular formula is C39H22N2O2. The minimum Gasteiger partial charge on any atom is -0.454 e. The minimum absolute atomic E-state index is 0.604. The van der Waals surface area contributed by atoms with Gasteiger partial charge in [0.2, 0.25) is 5.89 Å². The molecule has 0 bridgehead atoms. The molecule has 0 aliphatic heterocycles. The van der Waals surface area contributed by atoms with Crippen molar-refractivity contribution < 1.29 is 8.83 Å². The van der Waals surface area contributed by atoms with E-state index in [1.165, 1.54) is 27.1 Å². The fraction of sp³-hybridized carbons (Fsp3) is 0. The van der Waals surface area contributed by atoms with E-state index in [2.05, 4.69) is 102 Å². The molecule has 0 radical (unpaired) electrons. The molecule has 0 aliphatic rings. The monoisotopic (exact) mass is 550 g/mol. The lowest BCUT2D eigenvalue weighted by Gasteiger charge is -2.14. The first-order chi connectivity index (χ1) is 21.3. The van der Waals surface area contributed by atoms with Gasteiger partial charge in [-0.25, -0.2) is 4.98 Å². The van der Waals surface area contributed by atoms with Crippen LogP contribution in [0.2, 0.25) is 0 Å². The van der Waals surface area contributed by atoms with Gasteiger partial charge in [-0.2, -0.15) is 0 Å². The second-order valence-electron chi connectivity index (χ2n) is 11.2. The van der Waals surface area contributed by atoms with Gasteiger partial charge in [-0.15, -0.1) is 0 Å². The zero-order chi connectivity index (χ0) is 28.1. The van der Waals surface area contributed by atoms with Crippen LogP contribution in [0.5, 0.6) is 0 Å². The molecule has 3 aromatic heterocycles. The van der Waals surface area contributed by atoms with Crippen molar-refractivity contribution in [3.05, 3.63) is 133 Å². The van der Waals surface area contributed by atoms with Gasteiger partial charge in [-0.05, 0) is 53.2 Å². The Kier molecular flexibility index (Phi) is 4.42. The summed E-state index contributed by atoms with van der Waals surface area (Å²) in [6.07, 6.45) is 0. The molecular weight excluding hydrogens is 528 g/mol. The smallest absolute Gasteiger partial charge is 0.227 e. The average molecular weight is 551 g/mol. The Bertz CT molecular complexity index is 2710. The van der Waals surface area contributed by atoms with Gasteiger partial charge in [-0.1, -0.05) is 91.0 Å².